The first-order chi connectivity index (χ1) is 8.08. The maximum atomic E-state index is 12.0. The van der Waals surface area contributed by atoms with Crippen LogP contribution in [0.3, 0.4) is 0 Å². The molecule has 0 aliphatic heterocycles. The first-order valence-electron chi connectivity index (χ1n) is 6.01. The number of carbonyl (C=O) groups is 1. The fourth-order valence-corrected chi connectivity index (χ4v) is 2.59. The van der Waals surface area contributed by atoms with E-state index in [2.05, 4.69) is 17.2 Å². The highest BCUT2D eigenvalue weighted by atomic mass is 35.5. The van der Waals surface area contributed by atoms with Gasteiger partial charge in [0.1, 0.15) is 0 Å². The number of aryl methyl sites for hydroxylation is 1. The standard InChI is InChI=1S/C13H17ClN2O/c1-8-4-3-5-12(8)16-13(17)10-7-15-9(2)6-11(10)14/h6-8,12H,3-5H2,1-2H3,(H,16,17). The van der Waals surface area contributed by atoms with Gasteiger partial charge in [-0.05, 0) is 31.7 Å². The van der Waals surface area contributed by atoms with Crippen molar-refractivity contribution in [2.45, 2.75) is 39.2 Å². The summed E-state index contributed by atoms with van der Waals surface area (Å²) in [6.07, 6.45) is 4.98. The quantitative estimate of drug-likeness (QED) is 0.879. The number of hydrogen-bond donors (Lipinski definition) is 1. The van der Waals surface area contributed by atoms with Crippen molar-refractivity contribution in [2.24, 2.45) is 5.92 Å². The Morgan fingerprint density at radius 1 is 1.53 bits per heavy atom. The van der Waals surface area contributed by atoms with Gasteiger partial charge in [-0.2, -0.15) is 0 Å². The summed E-state index contributed by atoms with van der Waals surface area (Å²) >= 11 is 6.05. The molecule has 1 heterocycles. The maximum absolute atomic E-state index is 12.0. The minimum absolute atomic E-state index is 0.110. The van der Waals surface area contributed by atoms with E-state index in [1.807, 2.05) is 6.92 Å². The molecule has 92 valence electrons. The molecule has 0 aromatic carbocycles. The smallest absolute Gasteiger partial charge is 0.254 e. The van der Waals surface area contributed by atoms with Crippen LogP contribution in [0.1, 0.15) is 42.2 Å². The SMILES string of the molecule is Cc1cc(Cl)c(C(=O)NC2CCCC2C)cn1. The lowest BCUT2D eigenvalue weighted by Crippen LogP contribution is -2.36. The summed E-state index contributed by atoms with van der Waals surface area (Å²) in [5.41, 5.74) is 1.29. The van der Waals surface area contributed by atoms with Gasteiger partial charge in [-0.1, -0.05) is 24.9 Å². The molecule has 1 amide bonds. The zero-order valence-corrected chi connectivity index (χ0v) is 10.9. The third-order valence-corrected chi connectivity index (χ3v) is 3.73. The molecule has 4 heteroatoms. The lowest BCUT2D eigenvalue weighted by molar-refractivity contribution is 0.0929. The van der Waals surface area contributed by atoms with Crippen LogP contribution in [0.25, 0.3) is 0 Å². The van der Waals surface area contributed by atoms with Crippen LogP contribution in [0.2, 0.25) is 5.02 Å². The number of halogens is 1. The van der Waals surface area contributed by atoms with Crippen LogP contribution in [0, 0.1) is 12.8 Å². The number of carbonyl (C=O) groups excluding carboxylic acids is 1. The number of pyridine rings is 1. The molecule has 0 bridgehead atoms. The molecule has 1 fully saturated rings. The molecule has 2 unspecified atom stereocenters. The highest BCUT2D eigenvalue weighted by Gasteiger charge is 2.25. The number of amides is 1. The van der Waals surface area contributed by atoms with Gasteiger partial charge in [-0.25, -0.2) is 0 Å². The van der Waals surface area contributed by atoms with Crippen LogP contribution in [0.4, 0.5) is 0 Å². The first kappa shape index (κ1) is 12.4. The van der Waals surface area contributed by atoms with Crippen molar-refractivity contribution < 1.29 is 4.79 Å². The molecule has 2 rings (SSSR count). The van der Waals surface area contributed by atoms with Crippen LogP contribution < -0.4 is 5.32 Å². The summed E-state index contributed by atoms with van der Waals surface area (Å²) < 4.78 is 0. The molecular weight excluding hydrogens is 236 g/mol. The Morgan fingerprint density at radius 2 is 2.29 bits per heavy atom. The summed E-state index contributed by atoms with van der Waals surface area (Å²) in [6, 6.07) is 1.99. The van der Waals surface area contributed by atoms with Gasteiger partial charge in [-0.15, -0.1) is 0 Å². The molecule has 1 N–H and O–H groups in total. The topological polar surface area (TPSA) is 42.0 Å². The Labute approximate surface area is 107 Å². The summed E-state index contributed by atoms with van der Waals surface area (Å²) in [7, 11) is 0. The predicted molar refractivity (Wildman–Crippen MR) is 68.3 cm³/mol. The van der Waals surface area contributed by atoms with Gasteiger partial charge in [0, 0.05) is 17.9 Å². The molecule has 1 saturated carbocycles. The number of nitrogens with zero attached hydrogens (tertiary/aromatic N) is 1. The van der Waals surface area contributed by atoms with Crippen molar-refractivity contribution in [3.63, 3.8) is 0 Å². The first-order valence-corrected chi connectivity index (χ1v) is 6.38. The Bertz CT molecular complexity index is 433. The zero-order valence-electron chi connectivity index (χ0n) is 10.2. The molecule has 0 spiro atoms. The molecule has 17 heavy (non-hydrogen) atoms. The molecule has 0 radical (unpaired) electrons. The van der Waals surface area contributed by atoms with Gasteiger partial charge in [-0.3, -0.25) is 9.78 Å². The molecule has 1 aromatic rings. The van der Waals surface area contributed by atoms with Gasteiger partial charge in [0.05, 0.1) is 10.6 Å². The lowest BCUT2D eigenvalue weighted by Gasteiger charge is -2.17. The van der Waals surface area contributed by atoms with Crippen LogP contribution in [-0.4, -0.2) is 16.9 Å². The van der Waals surface area contributed by atoms with Gasteiger partial charge in [0.25, 0.3) is 5.91 Å². The highest BCUT2D eigenvalue weighted by molar-refractivity contribution is 6.33. The molecule has 1 aromatic heterocycles. The number of hydrogen-bond acceptors (Lipinski definition) is 2. The third-order valence-electron chi connectivity index (χ3n) is 3.41. The summed E-state index contributed by atoms with van der Waals surface area (Å²) in [6.45, 7) is 4.03. The highest BCUT2D eigenvalue weighted by Crippen LogP contribution is 2.25. The minimum atomic E-state index is -0.110. The van der Waals surface area contributed by atoms with Gasteiger partial charge < -0.3 is 5.32 Å². The Morgan fingerprint density at radius 3 is 2.88 bits per heavy atom. The Kier molecular flexibility index (Phi) is 3.67. The molecule has 1 aliphatic rings. The third kappa shape index (κ3) is 2.78. The molecule has 0 saturated heterocycles. The van der Waals surface area contributed by atoms with E-state index in [4.69, 9.17) is 11.6 Å². The zero-order chi connectivity index (χ0) is 12.4. The summed E-state index contributed by atoms with van der Waals surface area (Å²) in [4.78, 5) is 16.2. The fourth-order valence-electron chi connectivity index (χ4n) is 2.30. The van der Waals surface area contributed by atoms with E-state index < -0.39 is 0 Å². The van der Waals surface area contributed by atoms with Crippen LogP contribution in [-0.2, 0) is 0 Å². The van der Waals surface area contributed by atoms with Crippen molar-refractivity contribution >= 4 is 17.5 Å². The number of aromatic nitrogens is 1. The van der Waals surface area contributed by atoms with Crippen LogP contribution in [0.15, 0.2) is 12.3 Å². The van der Waals surface area contributed by atoms with Gasteiger partial charge in [0.15, 0.2) is 0 Å². The average Bonchev–Trinajstić information content (AvgIpc) is 2.64. The minimum Gasteiger partial charge on any atom is -0.349 e. The second kappa shape index (κ2) is 5.05. The molecular formula is C13H17ClN2O. The molecule has 2 atom stereocenters. The average molecular weight is 253 g/mol. The monoisotopic (exact) mass is 252 g/mol. The normalized spacial score (nSPS) is 23.7. The summed E-state index contributed by atoms with van der Waals surface area (Å²) in [5.74, 6) is 0.442. The van der Waals surface area contributed by atoms with Crippen LogP contribution in [0.5, 0.6) is 0 Å². The lowest BCUT2D eigenvalue weighted by atomic mass is 10.1. The Balaban J connectivity index is 2.09. The van der Waals surface area contributed by atoms with Crippen LogP contribution >= 0.6 is 11.6 Å². The van der Waals surface area contributed by atoms with Crippen molar-refractivity contribution in [3.8, 4) is 0 Å². The van der Waals surface area contributed by atoms with Crippen molar-refractivity contribution in [1.82, 2.24) is 10.3 Å². The van der Waals surface area contributed by atoms with E-state index >= 15 is 0 Å². The second-order valence-corrected chi connectivity index (χ2v) is 5.20. The number of nitrogens with one attached hydrogen (secondary N) is 1. The van der Waals surface area contributed by atoms with E-state index in [1.54, 1.807) is 12.3 Å². The van der Waals surface area contributed by atoms with Gasteiger partial charge >= 0.3 is 0 Å². The largest absolute Gasteiger partial charge is 0.349 e. The van der Waals surface area contributed by atoms with E-state index in [9.17, 15) is 4.79 Å². The van der Waals surface area contributed by atoms with Crippen molar-refractivity contribution in [1.29, 1.82) is 0 Å². The predicted octanol–water partition coefficient (Wildman–Crippen LogP) is 2.96. The molecule has 3 nitrogen and oxygen atoms in total. The fraction of sp³-hybridized carbons (Fsp3) is 0.538. The molecule has 1 aliphatic carbocycles. The van der Waals surface area contributed by atoms with Crippen molar-refractivity contribution in [3.05, 3.63) is 28.5 Å². The number of rotatable bonds is 2. The van der Waals surface area contributed by atoms with E-state index in [-0.39, 0.29) is 11.9 Å². The maximum Gasteiger partial charge on any atom is 0.254 e. The Hall–Kier alpha value is -1.09. The van der Waals surface area contributed by atoms with Crippen molar-refractivity contribution in [2.75, 3.05) is 0 Å². The second-order valence-electron chi connectivity index (χ2n) is 4.79. The van der Waals surface area contributed by atoms with E-state index in [1.165, 1.54) is 12.8 Å². The van der Waals surface area contributed by atoms with Gasteiger partial charge in [0.2, 0.25) is 0 Å². The van der Waals surface area contributed by atoms with E-state index in [0.717, 1.165) is 12.1 Å². The summed E-state index contributed by atoms with van der Waals surface area (Å²) in [5, 5.41) is 3.51. The van der Waals surface area contributed by atoms with E-state index in [0.29, 0.717) is 16.5 Å².